The highest BCUT2D eigenvalue weighted by Crippen LogP contribution is 2.61. The van der Waals surface area contributed by atoms with E-state index in [1.54, 1.807) is 0 Å². The number of nitrogens with zero attached hydrogens (tertiary/aromatic N) is 3. The first-order valence-electron chi connectivity index (χ1n) is 15.0. The number of benzene rings is 4. The zero-order chi connectivity index (χ0) is 30.8. The molecule has 2 heterocycles. The van der Waals surface area contributed by atoms with Gasteiger partial charge in [-0.3, -0.25) is 9.59 Å². The van der Waals surface area contributed by atoms with Crippen molar-refractivity contribution in [2.75, 3.05) is 14.2 Å². The number of hydrogen-bond donors (Lipinski definition) is 0. The Bertz CT molecular complexity index is 2040. The number of esters is 2. The van der Waals surface area contributed by atoms with Crippen molar-refractivity contribution in [2.45, 2.75) is 30.1 Å². The number of carbonyl (C=O) groups is 2. The Kier molecular flexibility index (Phi) is 6.07. The zero-order valence-corrected chi connectivity index (χ0v) is 24.9. The van der Waals surface area contributed by atoms with Gasteiger partial charge in [0, 0.05) is 21.9 Å². The molecule has 8 rings (SSSR count). The molecule has 220 valence electrons. The molecule has 2 unspecified atom stereocenters. The number of rotatable bonds is 6. The molecule has 0 fully saturated rings. The minimum atomic E-state index is -0.982. The topological polar surface area (TPSA) is 91.3 Å². The summed E-state index contributed by atoms with van der Waals surface area (Å²) < 4.78 is 10.7. The molecule has 7 heteroatoms. The summed E-state index contributed by atoms with van der Waals surface area (Å²) in [4.78, 5) is 42.5. The Morgan fingerprint density at radius 2 is 1.09 bits per heavy atom. The van der Waals surface area contributed by atoms with E-state index in [0.29, 0.717) is 12.1 Å². The van der Waals surface area contributed by atoms with Crippen LogP contribution in [0.15, 0.2) is 103 Å². The van der Waals surface area contributed by atoms with Gasteiger partial charge < -0.3 is 9.47 Å². The van der Waals surface area contributed by atoms with E-state index < -0.39 is 10.8 Å². The van der Waals surface area contributed by atoms with Crippen LogP contribution in [0, 0.1) is 0 Å². The Morgan fingerprint density at radius 1 is 0.578 bits per heavy atom. The van der Waals surface area contributed by atoms with Crippen molar-refractivity contribution in [1.82, 2.24) is 15.0 Å². The molecule has 45 heavy (non-hydrogen) atoms. The molecule has 2 atom stereocenters. The first kappa shape index (κ1) is 27.1. The Labute approximate surface area is 259 Å². The fourth-order valence-electron chi connectivity index (χ4n) is 7.71. The van der Waals surface area contributed by atoms with Gasteiger partial charge in [0.05, 0.1) is 66.1 Å². The van der Waals surface area contributed by atoms with Crippen LogP contribution < -0.4 is 0 Å². The van der Waals surface area contributed by atoms with Crippen LogP contribution in [0.25, 0.3) is 44.5 Å². The molecule has 0 bridgehead atoms. The largest absolute Gasteiger partial charge is 0.469 e. The van der Waals surface area contributed by atoms with Crippen molar-refractivity contribution >= 4 is 33.9 Å². The molecule has 0 amide bonds. The Hall–Kier alpha value is -5.43. The van der Waals surface area contributed by atoms with Crippen LogP contribution in [0.1, 0.15) is 41.6 Å². The number of carbonyl (C=O) groups excluding carboxylic acids is 2. The summed E-state index contributed by atoms with van der Waals surface area (Å²) >= 11 is 0. The number of ether oxygens (including phenoxy) is 2. The number of pyridine rings is 1. The van der Waals surface area contributed by atoms with Crippen LogP contribution in [0.2, 0.25) is 0 Å². The predicted molar refractivity (Wildman–Crippen MR) is 172 cm³/mol. The maximum absolute atomic E-state index is 13.5. The molecule has 0 saturated carbocycles. The van der Waals surface area contributed by atoms with Crippen LogP contribution in [0.5, 0.6) is 0 Å². The van der Waals surface area contributed by atoms with Crippen LogP contribution in [0.3, 0.4) is 0 Å². The van der Waals surface area contributed by atoms with Crippen molar-refractivity contribution in [3.8, 4) is 22.5 Å². The first-order chi connectivity index (χ1) is 22.0. The summed E-state index contributed by atoms with van der Waals surface area (Å²) in [5.74, 6) is -0.723. The molecular weight excluding hydrogens is 562 g/mol. The Balaban J connectivity index is 1.47. The average molecular weight is 592 g/mol. The third-order valence-electron chi connectivity index (χ3n) is 9.61. The van der Waals surface area contributed by atoms with Crippen molar-refractivity contribution in [3.05, 3.63) is 126 Å². The summed E-state index contributed by atoms with van der Waals surface area (Å²) in [5.41, 5.74) is 7.49. The van der Waals surface area contributed by atoms with Gasteiger partial charge >= 0.3 is 11.9 Å². The van der Waals surface area contributed by atoms with Gasteiger partial charge in [0.15, 0.2) is 0 Å². The molecule has 2 aliphatic carbocycles. The SMILES string of the molecule is COC(=O)CC1(CC2(CC(=O)OC)c3ccccc3-c3nc4ccccc4nc32)c2ccccc2-c2nc3ccccc3cc21. The molecule has 0 aliphatic heterocycles. The lowest BCUT2D eigenvalue weighted by Gasteiger charge is -2.40. The van der Waals surface area contributed by atoms with Gasteiger partial charge in [-0.05, 0) is 47.4 Å². The second-order valence-electron chi connectivity index (χ2n) is 11.9. The number of para-hydroxylation sites is 3. The summed E-state index contributed by atoms with van der Waals surface area (Å²) in [7, 11) is 2.82. The van der Waals surface area contributed by atoms with Crippen LogP contribution in [0.4, 0.5) is 0 Å². The van der Waals surface area contributed by atoms with E-state index in [4.69, 9.17) is 24.4 Å². The highest BCUT2D eigenvalue weighted by atomic mass is 16.5. The van der Waals surface area contributed by atoms with Gasteiger partial charge in [-0.2, -0.15) is 0 Å². The lowest BCUT2D eigenvalue weighted by atomic mass is 9.61. The van der Waals surface area contributed by atoms with Gasteiger partial charge in [0.25, 0.3) is 0 Å². The van der Waals surface area contributed by atoms with Crippen molar-refractivity contribution in [1.29, 1.82) is 0 Å². The van der Waals surface area contributed by atoms with Gasteiger partial charge in [0.1, 0.15) is 0 Å². The number of hydrogen-bond acceptors (Lipinski definition) is 7. The summed E-state index contributed by atoms with van der Waals surface area (Å²) in [6.07, 6.45) is 0.405. The van der Waals surface area contributed by atoms with E-state index >= 15 is 0 Å². The smallest absolute Gasteiger partial charge is 0.306 e. The fraction of sp³-hybridized carbons (Fsp3) is 0.184. The quantitative estimate of drug-likeness (QED) is 0.194. The molecule has 0 spiro atoms. The van der Waals surface area contributed by atoms with Crippen molar-refractivity contribution in [3.63, 3.8) is 0 Å². The maximum atomic E-state index is 13.5. The minimum absolute atomic E-state index is 0.0158. The van der Waals surface area contributed by atoms with Crippen molar-refractivity contribution < 1.29 is 19.1 Å². The minimum Gasteiger partial charge on any atom is -0.469 e. The normalized spacial score (nSPS) is 19.1. The van der Waals surface area contributed by atoms with E-state index in [2.05, 4.69) is 24.3 Å². The molecule has 0 N–H and O–H groups in total. The van der Waals surface area contributed by atoms with E-state index in [1.807, 2.05) is 78.9 Å². The standard InChI is InChI=1S/C38H29N3O4/c1-44-32(42)20-37(26-14-6-4-12-24(26)34-28(37)19-23-11-3-8-16-29(23)39-34)22-38(21-33(43)45-2)27-15-7-5-13-25(27)35-36(38)41-31-18-10-9-17-30(31)40-35/h3-19H,20-22H2,1-2H3. The summed E-state index contributed by atoms with van der Waals surface area (Å²) in [5, 5.41) is 0.971. The second kappa shape index (κ2) is 10.1. The molecule has 2 aliphatic rings. The molecule has 4 aromatic carbocycles. The molecule has 6 aromatic rings. The van der Waals surface area contributed by atoms with Crippen LogP contribution >= 0.6 is 0 Å². The van der Waals surface area contributed by atoms with E-state index in [-0.39, 0.29) is 24.8 Å². The highest BCUT2D eigenvalue weighted by Gasteiger charge is 2.56. The average Bonchev–Trinajstić information content (AvgIpc) is 3.48. The van der Waals surface area contributed by atoms with Crippen LogP contribution in [-0.2, 0) is 29.9 Å². The molecule has 7 nitrogen and oxygen atoms in total. The monoisotopic (exact) mass is 591 g/mol. The fourth-order valence-corrected chi connectivity index (χ4v) is 7.71. The summed E-state index contributed by atoms with van der Waals surface area (Å²) in [6, 6.07) is 34.1. The zero-order valence-electron chi connectivity index (χ0n) is 24.9. The highest BCUT2D eigenvalue weighted by molar-refractivity contribution is 5.91. The van der Waals surface area contributed by atoms with Crippen LogP contribution in [-0.4, -0.2) is 41.1 Å². The molecular formula is C38H29N3O4. The molecule has 0 saturated heterocycles. The second-order valence-corrected chi connectivity index (χ2v) is 11.9. The third-order valence-corrected chi connectivity index (χ3v) is 9.61. The number of fused-ring (bicyclic) bond motifs is 8. The molecule has 0 radical (unpaired) electrons. The lowest BCUT2D eigenvalue weighted by molar-refractivity contribution is -0.142. The van der Waals surface area contributed by atoms with E-state index in [9.17, 15) is 9.59 Å². The Morgan fingerprint density at radius 3 is 1.78 bits per heavy atom. The van der Waals surface area contributed by atoms with Crippen molar-refractivity contribution in [2.24, 2.45) is 0 Å². The maximum Gasteiger partial charge on any atom is 0.306 e. The first-order valence-corrected chi connectivity index (χ1v) is 15.0. The van der Waals surface area contributed by atoms with Gasteiger partial charge in [-0.1, -0.05) is 78.9 Å². The lowest BCUT2D eigenvalue weighted by Crippen LogP contribution is -2.41. The number of aromatic nitrogens is 3. The summed E-state index contributed by atoms with van der Waals surface area (Å²) in [6.45, 7) is 0. The predicted octanol–water partition coefficient (Wildman–Crippen LogP) is 6.93. The van der Waals surface area contributed by atoms with Gasteiger partial charge in [-0.25, -0.2) is 15.0 Å². The van der Waals surface area contributed by atoms with Gasteiger partial charge in [0.2, 0.25) is 0 Å². The van der Waals surface area contributed by atoms with E-state index in [0.717, 1.165) is 61.1 Å². The third kappa shape index (κ3) is 3.93. The molecule has 2 aromatic heterocycles. The van der Waals surface area contributed by atoms with Gasteiger partial charge in [-0.15, -0.1) is 0 Å². The number of methoxy groups -OCH3 is 2. The van der Waals surface area contributed by atoms with E-state index in [1.165, 1.54) is 14.2 Å².